The van der Waals surface area contributed by atoms with Crippen LogP contribution in [0.2, 0.25) is 0 Å². The van der Waals surface area contributed by atoms with Crippen LogP contribution in [0.15, 0.2) is 11.6 Å². The summed E-state index contributed by atoms with van der Waals surface area (Å²) in [5, 5.41) is 13.5. The third-order valence-electron chi connectivity index (χ3n) is 3.88. The predicted molar refractivity (Wildman–Crippen MR) is 77.8 cm³/mol. The lowest BCUT2D eigenvalue weighted by atomic mass is 10.0. The van der Waals surface area contributed by atoms with E-state index in [2.05, 4.69) is 30.1 Å². The summed E-state index contributed by atoms with van der Waals surface area (Å²) in [6, 6.07) is 0.575. The highest BCUT2D eigenvalue weighted by Crippen LogP contribution is 2.13. The van der Waals surface area contributed by atoms with E-state index in [1.807, 2.05) is 13.8 Å². The molecule has 0 amide bonds. The van der Waals surface area contributed by atoms with Gasteiger partial charge < -0.3 is 10.4 Å². The van der Waals surface area contributed by atoms with E-state index in [4.69, 9.17) is 0 Å². The number of allylic oxidation sites excluding steroid dienone is 1. The normalized spacial score (nSPS) is 21.6. The topological polar surface area (TPSA) is 35.5 Å². The molecule has 0 saturated carbocycles. The standard InChI is InChI=1S/C15H30N2O/c1-5-15(4,18)12-16-14-7-10-17(11-8-14)9-6-13(2)3/h6,14,16,18H,5,7-12H2,1-4H3. The number of piperidine rings is 1. The summed E-state index contributed by atoms with van der Waals surface area (Å²) in [5.74, 6) is 0. The van der Waals surface area contributed by atoms with Crippen molar-refractivity contribution in [2.24, 2.45) is 0 Å². The van der Waals surface area contributed by atoms with Crippen LogP contribution in [0.5, 0.6) is 0 Å². The Kier molecular flexibility index (Phi) is 6.33. The molecule has 0 spiro atoms. The van der Waals surface area contributed by atoms with Crippen molar-refractivity contribution in [2.45, 2.75) is 58.6 Å². The molecule has 0 aromatic heterocycles. The summed E-state index contributed by atoms with van der Waals surface area (Å²) in [5.41, 5.74) is 0.841. The quantitative estimate of drug-likeness (QED) is 0.713. The largest absolute Gasteiger partial charge is 0.389 e. The van der Waals surface area contributed by atoms with Gasteiger partial charge in [0.2, 0.25) is 0 Å². The molecule has 1 saturated heterocycles. The zero-order valence-electron chi connectivity index (χ0n) is 12.5. The molecule has 1 rings (SSSR count). The van der Waals surface area contributed by atoms with Crippen LogP contribution in [0, 0.1) is 0 Å². The van der Waals surface area contributed by atoms with Crippen LogP contribution in [0.4, 0.5) is 0 Å². The maximum Gasteiger partial charge on any atom is 0.0741 e. The lowest BCUT2D eigenvalue weighted by Crippen LogP contribution is -2.47. The molecule has 3 nitrogen and oxygen atoms in total. The molecule has 0 radical (unpaired) electrons. The molecule has 0 aliphatic carbocycles. The molecule has 3 heteroatoms. The maximum absolute atomic E-state index is 9.97. The van der Waals surface area contributed by atoms with Gasteiger partial charge in [0.15, 0.2) is 0 Å². The monoisotopic (exact) mass is 254 g/mol. The fourth-order valence-corrected chi connectivity index (χ4v) is 2.12. The predicted octanol–water partition coefficient (Wildman–Crippen LogP) is 2.17. The van der Waals surface area contributed by atoms with Gasteiger partial charge in [-0.3, -0.25) is 4.90 Å². The Hall–Kier alpha value is -0.380. The van der Waals surface area contributed by atoms with Gasteiger partial charge in [0.1, 0.15) is 0 Å². The van der Waals surface area contributed by atoms with Crippen LogP contribution in [-0.4, -0.2) is 47.8 Å². The smallest absolute Gasteiger partial charge is 0.0741 e. The summed E-state index contributed by atoms with van der Waals surface area (Å²) in [6.07, 6.45) is 5.49. The van der Waals surface area contributed by atoms with Gasteiger partial charge in [-0.15, -0.1) is 0 Å². The molecule has 0 bridgehead atoms. The average molecular weight is 254 g/mol. The molecule has 106 valence electrons. The van der Waals surface area contributed by atoms with Gasteiger partial charge in [0, 0.05) is 19.1 Å². The van der Waals surface area contributed by atoms with Crippen LogP contribution in [0.1, 0.15) is 47.0 Å². The number of rotatable bonds is 6. The van der Waals surface area contributed by atoms with Crippen molar-refractivity contribution in [3.63, 3.8) is 0 Å². The van der Waals surface area contributed by atoms with E-state index in [-0.39, 0.29) is 0 Å². The molecule has 18 heavy (non-hydrogen) atoms. The van der Waals surface area contributed by atoms with Gasteiger partial charge in [0.05, 0.1) is 5.60 Å². The highest BCUT2D eigenvalue weighted by molar-refractivity contribution is 4.95. The van der Waals surface area contributed by atoms with Crippen molar-refractivity contribution in [2.75, 3.05) is 26.2 Å². The first-order valence-corrected chi connectivity index (χ1v) is 7.24. The van der Waals surface area contributed by atoms with E-state index < -0.39 is 5.60 Å². The van der Waals surface area contributed by atoms with Crippen molar-refractivity contribution in [3.8, 4) is 0 Å². The average Bonchev–Trinajstić information content (AvgIpc) is 2.35. The highest BCUT2D eigenvalue weighted by atomic mass is 16.3. The van der Waals surface area contributed by atoms with E-state index in [0.717, 1.165) is 26.1 Å². The fraction of sp³-hybridized carbons (Fsp3) is 0.867. The minimum atomic E-state index is -0.556. The number of hydrogen-bond acceptors (Lipinski definition) is 3. The molecule has 1 unspecified atom stereocenters. The second-order valence-corrected chi connectivity index (χ2v) is 6.09. The molecule has 2 N–H and O–H groups in total. The Balaban J connectivity index is 2.21. The van der Waals surface area contributed by atoms with Gasteiger partial charge in [-0.2, -0.15) is 0 Å². The van der Waals surface area contributed by atoms with Gasteiger partial charge in [-0.25, -0.2) is 0 Å². The molecule has 0 aromatic rings. The Morgan fingerprint density at radius 3 is 2.50 bits per heavy atom. The zero-order valence-corrected chi connectivity index (χ0v) is 12.5. The van der Waals surface area contributed by atoms with Crippen molar-refractivity contribution in [1.82, 2.24) is 10.2 Å². The number of nitrogens with zero attached hydrogens (tertiary/aromatic N) is 1. The second kappa shape index (κ2) is 7.27. The van der Waals surface area contributed by atoms with Crippen molar-refractivity contribution in [1.29, 1.82) is 0 Å². The van der Waals surface area contributed by atoms with Crippen LogP contribution in [0.3, 0.4) is 0 Å². The van der Waals surface area contributed by atoms with E-state index in [1.165, 1.54) is 18.4 Å². The SMILES string of the molecule is CCC(C)(O)CNC1CCN(CC=C(C)C)CC1. The summed E-state index contributed by atoms with van der Waals surface area (Å²) in [7, 11) is 0. The number of likely N-dealkylation sites (tertiary alicyclic amines) is 1. The minimum absolute atomic E-state index is 0.556. The Morgan fingerprint density at radius 1 is 1.39 bits per heavy atom. The van der Waals surface area contributed by atoms with Gasteiger partial charge in [-0.1, -0.05) is 18.6 Å². The van der Waals surface area contributed by atoms with Crippen molar-refractivity contribution in [3.05, 3.63) is 11.6 Å². The molecule has 1 heterocycles. The lowest BCUT2D eigenvalue weighted by Gasteiger charge is -2.33. The second-order valence-electron chi connectivity index (χ2n) is 6.09. The fourth-order valence-electron chi connectivity index (χ4n) is 2.12. The Labute approximate surface area is 112 Å². The summed E-state index contributed by atoms with van der Waals surface area (Å²) >= 11 is 0. The first-order valence-electron chi connectivity index (χ1n) is 7.24. The Bertz CT molecular complexity index is 262. The van der Waals surface area contributed by atoms with E-state index >= 15 is 0 Å². The number of hydrogen-bond donors (Lipinski definition) is 2. The van der Waals surface area contributed by atoms with Crippen LogP contribution in [-0.2, 0) is 0 Å². The number of aliphatic hydroxyl groups is 1. The minimum Gasteiger partial charge on any atom is -0.389 e. The van der Waals surface area contributed by atoms with Crippen LogP contribution < -0.4 is 5.32 Å². The Morgan fingerprint density at radius 2 is 2.00 bits per heavy atom. The lowest BCUT2D eigenvalue weighted by molar-refractivity contribution is 0.0496. The summed E-state index contributed by atoms with van der Waals surface area (Å²) < 4.78 is 0. The highest BCUT2D eigenvalue weighted by Gasteiger charge is 2.22. The van der Waals surface area contributed by atoms with Gasteiger partial charge in [0.25, 0.3) is 0 Å². The molecular weight excluding hydrogens is 224 g/mol. The third-order valence-corrected chi connectivity index (χ3v) is 3.88. The van der Waals surface area contributed by atoms with Crippen LogP contribution in [0.25, 0.3) is 0 Å². The van der Waals surface area contributed by atoms with Crippen LogP contribution >= 0.6 is 0 Å². The summed E-state index contributed by atoms with van der Waals surface area (Å²) in [4.78, 5) is 2.50. The van der Waals surface area contributed by atoms with E-state index in [0.29, 0.717) is 12.6 Å². The summed E-state index contributed by atoms with van der Waals surface area (Å²) in [6.45, 7) is 12.4. The molecule has 1 aliphatic rings. The number of nitrogens with one attached hydrogen (secondary N) is 1. The van der Waals surface area contributed by atoms with Crippen molar-refractivity contribution >= 4 is 0 Å². The molecule has 1 fully saturated rings. The maximum atomic E-state index is 9.97. The zero-order chi connectivity index (χ0) is 13.6. The van der Waals surface area contributed by atoms with Gasteiger partial charge in [-0.05, 0) is 53.1 Å². The van der Waals surface area contributed by atoms with E-state index in [1.54, 1.807) is 0 Å². The molecule has 1 atom stereocenters. The molecule has 1 aliphatic heterocycles. The molecular formula is C15H30N2O. The van der Waals surface area contributed by atoms with E-state index in [9.17, 15) is 5.11 Å². The third kappa shape index (κ3) is 5.98. The van der Waals surface area contributed by atoms with Gasteiger partial charge >= 0.3 is 0 Å². The first kappa shape index (κ1) is 15.7. The molecule has 0 aromatic carbocycles. The van der Waals surface area contributed by atoms with Crippen molar-refractivity contribution < 1.29 is 5.11 Å². The first-order chi connectivity index (χ1) is 8.43.